The van der Waals surface area contributed by atoms with Crippen LogP contribution in [0.3, 0.4) is 0 Å². The molecule has 0 bridgehead atoms. The summed E-state index contributed by atoms with van der Waals surface area (Å²) in [6.07, 6.45) is -0.0850. The van der Waals surface area contributed by atoms with Gasteiger partial charge in [-0.2, -0.15) is 0 Å². The molecule has 5 nitrogen and oxygen atoms in total. The Morgan fingerprint density at radius 3 is 2.31 bits per heavy atom. The van der Waals surface area contributed by atoms with E-state index >= 15 is 0 Å². The van der Waals surface area contributed by atoms with Gasteiger partial charge in [0.1, 0.15) is 12.4 Å². The average Bonchev–Trinajstić information content (AvgIpc) is 3.57. The molecule has 0 aliphatic carbocycles. The van der Waals surface area contributed by atoms with Crippen molar-refractivity contribution in [2.24, 2.45) is 0 Å². The van der Waals surface area contributed by atoms with Crippen molar-refractivity contribution >= 4 is 38.3 Å². The lowest BCUT2D eigenvalue weighted by Crippen LogP contribution is -2.35. The van der Waals surface area contributed by atoms with Gasteiger partial charge >= 0.3 is 0 Å². The van der Waals surface area contributed by atoms with Gasteiger partial charge in [0.25, 0.3) is 10.0 Å². The highest BCUT2D eigenvalue weighted by molar-refractivity contribution is 14.1. The lowest BCUT2D eigenvalue weighted by Gasteiger charge is -2.25. The summed E-state index contributed by atoms with van der Waals surface area (Å²) in [5, 5.41) is 0. The summed E-state index contributed by atoms with van der Waals surface area (Å²) in [5.41, 5.74) is 1.64. The van der Waals surface area contributed by atoms with Gasteiger partial charge in [-0.1, -0.05) is 48.5 Å². The number of hydrogen-bond donors (Lipinski definition) is 0. The maximum atomic E-state index is 13.4. The predicted octanol–water partition coefficient (Wildman–Crippen LogP) is 4.46. The highest BCUT2D eigenvalue weighted by Crippen LogP contribution is 2.33. The zero-order chi connectivity index (χ0) is 20.3. The van der Waals surface area contributed by atoms with Crippen molar-refractivity contribution in [1.29, 1.82) is 0 Å². The Kier molecular flexibility index (Phi) is 6.07. The van der Waals surface area contributed by atoms with Gasteiger partial charge in [-0.25, -0.2) is 8.42 Å². The molecular weight excluding hydrogens is 501 g/mol. The van der Waals surface area contributed by atoms with Crippen LogP contribution >= 0.6 is 22.6 Å². The second-order valence-corrected chi connectivity index (χ2v) is 9.72. The van der Waals surface area contributed by atoms with E-state index in [1.807, 2.05) is 42.5 Å². The maximum Gasteiger partial charge on any atom is 0.264 e. The van der Waals surface area contributed by atoms with Crippen LogP contribution in [0.1, 0.15) is 5.56 Å². The topological polar surface area (TPSA) is 59.1 Å². The Balaban J connectivity index is 1.65. The monoisotopic (exact) mass is 521 g/mol. The lowest BCUT2D eigenvalue weighted by atomic mass is 10.2. The molecule has 0 radical (unpaired) electrons. The summed E-state index contributed by atoms with van der Waals surface area (Å²) in [4.78, 5) is 0.257. The molecule has 1 saturated heterocycles. The fourth-order valence-electron chi connectivity index (χ4n) is 2.92. The molecule has 1 aliphatic heterocycles. The highest BCUT2D eigenvalue weighted by Gasteiger charge is 2.34. The first-order valence-corrected chi connectivity index (χ1v) is 11.7. The van der Waals surface area contributed by atoms with Crippen molar-refractivity contribution in [3.05, 3.63) is 88.0 Å². The van der Waals surface area contributed by atoms with Crippen LogP contribution in [0.15, 0.2) is 83.8 Å². The van der Waals surface area contributed by atoms with E-state index in [1.54, 1.807) is 36.4 Å². The lowest BCUT2D eigenvalue weighted by molar-refractivity contribution is 0.306. The Bertz CT molecular complexity index is 1070. The molecule has 0 saturated carbocycles. The Labute approximate surface area is 184 Å². The van der Waals surface area contributed by atoms with E-state index in [2.05, 4.69) is 22.6 Å². The largest absolute Gasteiger partial charge is 0.489 e. The number of hydrogen-bond acceptors (Lipinski definition) is 4. The van der Waals surface area contributed by atoms with Crippen LogP contribution in [0, 0.1) is 3.57 Å². The number of sulfonamides is 1. The molecule has 0 amide bonds. The molecule has 1 atom stereocenters. The normalized spacial score (nSPS) is 15.7. The van der Waals surface area contributed by atoms with Gasteiger partial charge in [0.2, 0.25) is 0 Å². The van der Waals surface area contributed by atoms with Gasteiger partial charge < -0.3 is 9.47 Å². The minimum absolute atomic E-state index is 0.0850. The zero-order valence-corrected chi connectivity index (χ0v) is 18.5. The summed E-state index contributed by atoms with van der Waals surface area (Å²) in [6.45, 7) is 1.26. The Morgan fingerprint density at radius 2 is 1.66 bits per heavy atom. The summed E-state index contributed by atoms with van der Waals surface area (Å²) >= 11 is 2.16. The van der Waals surface area contributed by atoms with Crippen molar-refractivity contribution in [2.75, 3.05) is 17.5 Å². The van der Waals surface area contributed by atoms with Crippen LogP contribution in [-0.4, -0.2) is 27.7 Å². The number of benzene rings is 3. The van der Waals surface area contributed by atoms with E-state index < -0.39 is 10.0 Å². The number of anilines is 1. The number of epoxide rings is 1. The van der Waals surface area contributed by atoms with Crippen molar-refractivity contribution in [2.45, 2.75) is 17.6 Å². The molecule has 4 rings (SSSR count). The third-order valence-electron chi connectivity index (χ3n) is 4.54. The number of halogens is 1. The van der Waals surface area contributed by atoms with E-state index in [0.717, 1.165) is 9.13 Å². The molecule has 1 aliphatic rings. The molecule has 1 heterocycles. The fourth-order valence-corrected chi connectivity index (χ4v) is 5.24. The molecule has 3 aromatic rings. The van der Waals surface area contributed by atoms with Crippen LogP contribution in [0.2, 0.25) is 0 Å². The third kappa shape index (κ3) is 4.91. The van der Waals surface area contributed by atoms with Crippen molar-refractivity contribution < 1.29 is 17.9 Å². The predicted molar refractivity (Wildman–Crippen MR) is 121 cm³/mol. The molecule has 29 heavy (non-hydrogen) atoms. The molecule has 150 valence electrons. The van der Waals surface area contributed by atoms with E-state index in [9.17, 15) is 8.42 Å². The summed E-state index contributed by atoms with van der Waals surface area (Å²) < 4.78 is 40.2. The second kappa shape index (κ2) is 8.73. The van der Waals surface area contributed by atoms with E-state index in [0.29, 0.717) is 24.7 Å². The molecule has 3 aromatic carbocycles. The van der Waals surface area contributed by atoms with Gasteiger partial charge in [0, 0.05) is 9.64 Å². The maximum absolute atomic E-state index is 13.4. The first-order chi connectivity index (χ1) is 14.0. The van der Waals surface area contributed by atoms with Crippen LogP contribution in [0.5, 0.6) is 5.75 Å². The third-order valence-corrected chi connectivity index (χ3v) is 7.24. The summed E-state index contributed by atoms with van der Waals surface area (Å²) in [5.74, 6) is 0.620. The molecule has 0 N–H and O–H groups in total. The molecule has 0 spiro atoms. The molecule has 7 heteroatoms. The SMILES string of the molecule is O=S(=O)(c1ccccc1)N(CC1CO1)c1cc(OCc2ccccc2)ccc1I. The van der Waals surface area contributed by atoms with Crippen molar-refractivity contribution in [3.63, 3.8) is 0 Å². The Morgan fingerprint density at radius 1 is 1.00 bits per heavy atom. The summed E-state index contributed by atoms with van der Waals surface area (Å²) in [6, 6.07) is 23.8. The molecular formula is C22H20INO4S. The first-order valence-electron chi connectivity index (χ1n) is 9.20. The smallest absolute Gasteiger partial charge is 0.264 e. The minimum atomic E-state index is -3.72. The Hall–Kier alpha value is -2.10. The van der Waals surface area contributed by atoms with Crippen molar-refractivity contribution in [3.8, 4) is 5.75 Å². The van der Waals surface area contributed by atoms with Crippen LogP contribution in [0.4, 0.5) is 5.69 Å². The summed E-state index contributed by atoms with van der Waals surface area (Å²) in [7, 11) is -3.72. The van der Waals surface area contributed by atoms with Gasteiger partial charge in [-0.05, 0) is 52.4 Å². The van der Waals surface area contributed by atoms with E-state index in [1.165, 1.54) is 4.31 Å². The van der Waals surface area contributed by atoms with Crippen molar-refractivity contribution in [1.82, 2.24) is 0 Å². The quantitative estimate of drug-likeness (QED) is 0.325. The number of ether oxygens (including phenoxy) is 2. The number of rotatable bonds is 8. The highest BCUT2D eigenvalue weighted by atomic mass is 127. The number of nitrogens with zero attached hydrogens (tertiary/aromatic N) is 1. The standard InChI is InChI=1S/C22H20INO4S/c23-21-12-11-18(27-15-17-7-3-1-4-8-17)13-22(21)24(14-19-16-28-19)29(25,26)20-9-5-2-6-10-20/h1-13,19H,14-16H2. The molecule has 0 aromatic heterocycles. The zero-order valence-electron chi connectivity index (χ0n) is 15.6. The van der Waals surface area contributed by atoms with Gasteiger partial charge in [-0.3, -0.25) is 4.31 Å². The van der Waals surface area contributed by atoms with E-state index in [4.69, 9.17) is 9.47 Å². The molecule has 1 fully saturated rings. The fraction of sp³-hybridized carbons (Fsp3) is 0.182. The average molecular weight is 521 g/mol. The van der Waals surface area contributed by atoms with Gasteiger partial charge in [0.05, 0.1) is 29.8 Å². The van der Waals surface area contributed by atoms with Gasteiger partial charge in [0.15, 0.2) is 0 Å². The van der Waals surface area contributed by atoms with Gasteiger partial charge in [-0.15, -0.1) is 0 Å². The van der Waals surface area contributed by atoms with Crippen LogP contribution < -0.4 is 9.04 Å². The van der Waals surface area contributed by atoms with Crippen LogP contribution in [-0.2, 0) is 21.4 Å². The molecule has 1 unspecified atom stereocenters. The first kappa shape index (κ1) is 20.2. The second-order valence-electron chi connectivity index (χ2n) is 6.69. The minimum Gasteiger partial charge on any atom is -0.489 e. The van der Waals surface area contributed by atoms with E-state index in [-0.39, 0.29) is 17.5 Å². The van der Waals surface area contributed by atoms with Crippen LogP contribution in [0.25, 0.3) is 0 Å².